The number of nitrogens with one attached hydrogen (secondary N) is 1. The van der Waals surface area contributed by atoms with Crippen molar-refractivity contribution >= 4 is 11.9 Å². The lowest BCUT2D eigenvalue weighted by Gasteiger charge is -2.11. The van der Waals surface area contributed by atoms with Crippen molar-refractivity contribution in [2.24, 2.45) is 0 Å². The molecule has 0 radical (unpaired) electrons. The minimum absolute atomic E-state index is 0.280. The van der Waals surface area contributed by atoms with Crippen LogP contribution in [0.2, 0.25) is 0 Å². The van der Waals surface area contributed by atoms with E-state index in [0.717, 1.165) is 41.9 Å². The molecular formula is C16H16N2O. The van der Waals surface area contributed by atoms with Crippen LogP contribution in [-0.4, -0.2) is 15.8 Å². The van der Waals surface area contributed by atoms with E-state index in [1.54, 1.807) is 6.20 Å². The molecule has 0 aliphatic heterocycles. The lowest BCUT2D eigenvalue weighted by atomic mass is 9.93. The van der Waals surface area contributed by atoms with Crippen LogP contribution in [0.1, 0.15) is 31.4 Å². The molecule has 0 unspecified atom stereocenters. The quantitative estimate of drug-likeness (QED) is 0.830. The van der Waals surface area contributed by atoms with Gasteiger partial charge in [0.2, 0.25) is 0 Å². The SMILES string of the molecule is O=C1CCCC/C1=C\c1cnc(-c2ccccc2)[nH]1. The van der Waals surface area contributed by atoms with E-state index in [4.69, 9.17) is 0 Å². The maximum atomic E-state index is 11.8. The second kappa shape index (κ2) is 5.22. The van der Waals surface area contributed by atoms with E-state index in [0.29, 0.717) is 6.42 Å². The van der Waals surface area contributed by atoms with Crippen molar-refractivity contribution in [2.75, 3.05) is 0 Å². The number of benzene rings is 1. The zero-order valence-electron chi connectivity index (χ0n) is 10.7. The van der Waals surface area contributed by atoms with Gasteiger partial charge < -0.3 is 4.98 Å². The summed E-state index contributed by atoms with van der Waals surface area (Å²) in [6.07, 6.45) is 7.44. The van der Waals surface area contributed by atoms with Gasteiger partial charge in [0.25, 0.3) is 0 Å². The highest BCUT2D eigenvalue weighted by molar-refractivity contribution is 5.99. The third-order valence-electron chi connectivity index (χ3n) is 3.43. The van der Waals surface area contributed by atoms with Crippen LogP contribution < -0.4 is 0 Å². The summed E-state index contributed by atoms with van der Waals surface area (Å²) in [4.78, 5) is 19.4. The van der Waals surface area contributed by atoms with Gasteiger partial charge in [-0.25, -0.2) is 4.98 Å². The Morgan fingerprint density at radius 2 is 1.89 bits per heavy atom. The van der Waals surface area contributed by atoms with E-state index in [2.05, 4.69) is 9.97 Å². The minimum atomic E-state index is 0.280. The Morgan fingerprint density at radius 3 is 2.68 bits per heavy atom. The van der Waals surface area contributed by atoms with Crippen molar-refractivity contribution in [1.82, 2.24) is 9.97 Å². The summed E-state index contributed by atoms with van der Waals surface area (Å²) in [7, 11) is 0. The molecule has 1 fully saturated rings. The van der Waals surface area contributed by atoms with Crippen LogP contribution in [0.25, 0.3) is 17.5 Å². The average molecular weight is 252 g/mol. The summed E-state index contributed by atoms with van der Waals surface area (Å²) in [5.41, 5.74) is 2.89. The Bertz CT molecular complexity index is 611. The first-order valence-corrected chi connectivity index (χ1v) is 6.67. The second-order valence-electron chi connectivity index (χ2n) is 4.85. The van der Waals surface area contributed by atoms with Gasteiger partial charge in [0.15, 0.2) is 5.78 Å². The van der Waals surface area contributed by atoms with Crippen molar-refractivity contribution in [3.8, 4) is 11.4 Å². The summed E-state index contributed by atoms with van der Waals surface area (Å²) >= 11 is 0. The smallest absolute Gasteiger partial charge is 0.158 e. The Balaban J connectivity index is 1.86. The number of allylic oxidation sites excluding steroid dienone is 1. The highest BCUT2D eigenvalue weighted by Crippen LogP contribution is 2.22. The fraction of sp³-hybridized carbons (Fsp3) is 0.250. The van der Waals surface area contributed by atoms with Crippen LogP contribution in [-0.2, 0) is 4.79 Å². The second-order valence-corrected chi connectivity index (χ2v) is 4.85. The topological polar surface area (TPSA) is 45.8 Å². The number of carbonyl (C=O) groups excluding carboxylic acids is 1. The van der Waals surface area contributed by atoms with E-state index >= 15 is 0 Å². The van der Waals surface area contributed by atoms with Gasteiger partial charge in [0, 0.05) is 12.0 Å². The molecule has 0 bridgehead atoms. The molecule has 3 heteroatoms. The molecule has 0 atom stereocenters. The number of ketones is 1. The molecule has 1 aliphatic rings. The van der Waals surface area contributed by atoms with Crippen molar-refractivity contribution < 1.29 is 4.79 Å². The molecule has 96 valence electrons. The van der Waals surface area contributed by atoms with E-state index in [9.17, 15) is 4.79 Å². The van der Waals surface area contributed by atoms with Crippen LogP contribution in [0.3, 0.4) is 0 Å². The van der Waals surface area contributed by atoms with Gasteiger partial charge in [-0.3, -0.25) is 4.79 Å². The molecule has 1 heterocycles. The maximum Gasteiger partial charge on any atom is 0.158 e. The first-order chi connectivity index (χ1) is 9.33. The molecular weight excluding hydrogens is 236 g/mol. The largest absolute Gasteiger partial charge is 0.338 e. The molecule has 0 saturated heterocycles. The third-order valence-corrected chi connectivity index (χ3v) is 3.43. The normalized spacial score (nSPS) is 17.9. The highest BCUT2D eigenvalue weighted by atomic mass is 16.1. The first kappa shape index (κ1) is 11.9. The highest BCUT2D eigenvalue weighted by Gasteiger charge is 2.15. The molecule has 0 amide bonds. The Kier molecular flexibility index (Phi) is 3.27. The van der Waals surface area contributed by atoms with E-state index < -0.39 is 0 Å². The number of rotatable bonds is 2. The molecule has 3 nitrogen and oxygen atoms in total. The summed E-state index contributed by atoms with van der Waals surface area (Å²) in [5, 5.41) is 0. The number of hydrogen-bond donors (Lipinski definition) is 1. The molecule has 1 aromatic carbocycles. The summed E-state index contributed by atoms with van der Waals surface area (Å²) in [5.74, 6) is 1.12. The number of H-pyrrole nitrogens is 1. The van der Waals surface area contributed by atoms with Crippen LogP contribution in [0, 0.1) is 0 Å². The number of Topliss-reactive ketones (excluding diaryl/α,β-unsaturated/α-hetero) is 1. The number of nitrogens with zero attached hydrogens (tertiary/aromatic N) is 1. The Hall–Kier alpha value is -2.16. The van der Waals surface area contributed by atoms with Crippen molar-refractivity contribution in [3.63, 3.8) is 0 Å². The fourth-order valence-electron chi connectivity index (χ4n) is 2.39. The summed E-state index contributed by atoms with van der Waals surface area (Å²) < 4.78 is 0. The summed E-state index contributed by atoms with van der Waals surface area (Å²) in [6.45, 7) is 0. The van der Waals surface area contributed by atoms with Gasteiger partial charge >= 0.3 is 0 Å². The minimum Gasteiger partial charge on any atom is -0.338 e. The first-order valence-electron chi connectivity index (χ1n) is 6.67. The van der Waals surface area contributed by atoms with Crippen molar-refractivity contribution in [3.05, 3.63) is 47.8 Å². The van der Waals surface area contributed by atoms with Crippen LogP contribution in [0.4, 0.5) is 0 Å². The molecule has 0 spiro atoms. The Labute approximate surface area is 112 Å². The summed E-state index contributed by atoms with van der Waals surface area (Å²) in [6, 6.07) is 9.99. The van der Waals surface area contributed by atoms with Crippen molar-refractivity contribution in [2.45, 2.75) is 25.7 Å². The molecule has 2 aromatic rings. The standard InChI is InChI=1S/C16H16N2O/c19-15-9-5-4-8-13(15)10-14-11-17-16(18-14)12-6-2-1-3-7-12/h1-3,6-7,10-11H,4-5,8-9H2,(H,17,18)/b13-10+. The fourth-order valence-corrected chi connectivity index (χ4v) is 2.39. The van der Waals surface area contributed by atoms with Gasteiger partial charge in [0.05, 0.1) is 11.9 Å². The predicted octanol–water partition coefficient (Wildman–Crippen LogP) is 3.60. The maximum absolute atomic E-state index is 11.8. The number of aromatic nitrogens is 2. The average Bonchev–Trinajstić information content (AvgIpc) is 2.91. The number of carbonyl (C=O) groups is 1. The number of hydrogen-bond acceptors (Lipinski definition) is 2. The third kappa shape index (κ3) is 2.65. The molecule has 1 aromatic heterocycles. The molecule has 1 aliphatic carbocycles. The van der Waals surface area contributed by atoms with Gasteiger partial charge in [-0.1, -0.05) is 30.3 Å². The predicted molar refractivity (Wildman–Crippen MR) is 75.5 cm³/mol. The zero-order chi connectivity index (χ0) is 13.1. The number of aromatic amines is 1. The molecule has 19 heavy (non-hydrogen) atoms. The van der Waals surface area contributed by atoms with Gasteiger partial charge in [-0.15, -0.1) is 0 Å². The van der Waals surface area contributed by atoms with E-state index in [-0.39, 0.29) is 5.78 Å². The van der Waals surface area contributed by atoms with Gasteiger partial charge in [-0.2, -0.15) is 0 Å². The number of imidazole rings is 1. The van der Waals surface area contributed by atoms with Gasteiger partial charge in [-0.05, 0) is 30.9 Å². The van der Waals surface area contributed by atoms with E-state index in [1.165, 1.54) is 0 Å². The van der Waals surface area contributed by atoms with Crippen molar-refractivity contribution in [1.29, 1.82) is 0 Å². The lowest BCUT2D eigenvalue weighted by molar-refractivity contribution is -0.116. The monoisotopic (exact) mass is 252 g/mol. The Morgan fingerprint density at radius 1 is 1.11 bits per heavy atom. The lowest BCUT2D eigenvalue weighted by Crippen LogP contribution is -2.07. The molecule has 1 saturated carbocycles. The molecule has 3 rings (SSSR count). The van der Waals surface area contributed by atoms with Crippen LogP contribution in [0.15, 0.2) is 42.1 Å². The van der Waals surface area contributed by atoms with Crippen LogP contribution >= 0.6 is 0 Å². The molecule has 1 N–H and O–H groups in total. The van der Waals surface area contributed by atoms with Crippen LogP contribution in [0.5, 0.6) is 0 Å². The van der Waals surface area contributed by atoms with E-state index in [1.807, 2.05) is 36.4 Å². The van der Waals surface area contributed by atoms with Gasteiger partial charge in [0.1, 0.15) is 5.82 Å². The zero-order valence-corrected chi connectivity index (χ0v) is 10.7.